The molecule has 33 heavy (non-hydrogen) atoms. The number of fused-ring (bicyclic) bond motifs is 1. The zero-order valence-electron chi connectivity index (χ0n) is 18.1. The first-order valence-corrected chi connectivity index (χ1v) is 11.3. The van der Waals surface area contributed by atoms with Crippen LogP contribution in [0, 0.1) is 0 Å². The van der Waals surface area contributed by atoms with Crippen LogP contribution in [0.1, 0.15) is 28.4 Å². The molecule has 2 heterocycles. The third-order valence-electron chi connectivity index (χ3n) is 5.73. The van der Waals surface area contributed by atoms with Crippen LogP contribution in [0.15, 0.2) is 36.4 Å². The van der Waals surface area contributed by atoms with Gasteiger partial charge in [0.1, 0.15) is 6.61 Å². The number of rotatable bonds is 4. The summed E-state index contributed by atoms with van der Waals surface area (Å²) in [5.41, 5.74) is 1.89. The Morgan fingerprint density at radius 2 is 1.88 bits per heavy atom. The Morgan fingerprint density at radius 1 is 1.12 bits per heavy atom. The molecule has 0 bridgehead atoms. The monoisotopic (exact) mass is 490 g/mol. The molecule has 0 radical (unpaired) electrons. The molecular formula is C23H24Cl2N4O4. The predicted octanol–water partition coefficient (Wildman–Crippen LogP) is 3.10. The largest absolute Gasteiger partial charge is 0.375 e. The van der Waals surface area contributed by atoms with Gasteiger partial charge in [0.05, 0.1) is 23.8 Å². The van der Waals surface area contributed by atoms with Gasteiger partial charge in [0.25, 0.3) is 11.8 Å². The lowest BCUT2D eigenvalue weighted by molar-refractivity contribution is -0.122. The summed E-state index contributed by atoms with van der Waals surface area (Å²) in [5.74, 6) is -0.760. The quantitative estimate of drug-likeness (QED) is 0.686. The second-order valence-corrected chi connectivity index (χ2v) is 8.75. The molecule has 1 unspecified atom stereocenters. The van der Waals surface area contributed by atoms with E-state index in [2.05, 4.69) is 10.6 Å². The zero-order valence-corrected chi connectivity index (χ0v) is 19.6. The van der Waals surface area contributed by atoms with E-state index in [1.807, 2.05) is 0 Å². The summed E-state index contributed by atoms with van der Waals surface area (Å²) in [7, 11) is 1.43. The first-order valence-electron chi connectivity index (χ1n) is 10.6. The lowest BCUT2D eigenvalue weighted by Crippen LogP contribution is -2.46. The van der Waals surface area contributed by atoms with Crippen LogP contribution < -0.4 is 15.5 Å². The van der Waals surface area contributed by atoms with Gasteiger partial charge in [-0.15, -0.1) is 0 Å². The number of piperazine rings is 1. The van der Waals surface area contributed by atoms with Crippen LogP contribution >= 0.6 is 23.2 Å². The second kappa shape index (κ2) is 10.1. The molecule has 2 aliphatic heterocycles. The number of nitrogens with zero attached hydrogens (tertiary/aromatic N) is 2. The van der Waals surface area contributed by atoms with Crippen LogP contribution in [0.2, 0.25) is 10.0 Å². The summed E-state index contributed by atoms with van der Waals surface area (Å²) >= 11 is 12.5. The van der Waals surface area contributed by atoms with Crippen LogP contribution in [0.3, 0.4) is 0 Å². The second-order valence-electron chi connectivity index (χ2n) is 7.90. The van der Waals surface area contributed by atoms with Gasteiger partial charge in [0.2, 0.25) is 5.91 Å². The van der Waals surface area contributed by atoms with Crippen molar-refractivity contribution in [2.75, 3.05) is 50.1 Å². The van der Waals surface area contributed by atoms with E-state index >= 15 is 0 Å². The van der Waals surface area contributed by atoms with E-state index in [0.717, 1.165) is 13.1 Å². The molecule has 1 fully saturated rings. The van der Waals surface area contributed by atoms with Crippen molar-refractivity contribution in [2.24, 2.45) is 0 Å². The molecule has 0 aromatic heterocycles. The Hall–Kier alpha value is -2.65. The van der Waals surface area contributed by atoms with Crippen molar-refractivity contribution in [3.63, 3.8) is 0 Å². The number of amides is 3. The van der Waals surface area contributed by atoms with E-state index in [1.54, 1.807) is 41.3 Å². The number of halogens is 2. The van der Waals surface area contributed by atoms with E-state index < -0.39 is 6.04 Å². The molecule has 0 spiro atoms. The smallest absolute Gasteiger partial charge is 0.254 e. The summed E-state index contributed by atoms with van der Waals surface area (Å²) in [4.78, 5) is 42.3. The minimum Gasteiger partial charge on any atom is -0.375 e. The molecule has 4 rings (SSSR count). The van der Waals surface area contributed by atoms with Crippen molar-refractivity contribution in [1.82, 2.24) is 10.2 Å². The summed E-state index contributed by atoms with van der Waals surface area (Å²) in [6, 6.07) is 9.26. The third kappa shape index (κ3) is 4.99. The van der Waals surface area contributed by atoms with Gasteiger partial charge >= 0.3 is 0 Å². The molecular weight excluding hydrogens is 467 g/mol. The highest BCUT2D eigenvalue weighted by molar-refractivity contribution is 6.35. The van der Waals surface area contributed by atoms with Gasteiger partial charge in [0, 0.05) is 48.9 Å². The number of nitrogens with one attached hydrogen (secondary N) is 2. The highest BCUT2D eigenvalue weighted by Crippen LogP contribution is 2.41. The average Bonchev–Trinajstić information content (AvgIpc) is 2.94. The van der Waals surface area contributed by atoms with Crippen LogP contribution in [0.5, 0.6) is 0 Å². The van der Waals surface area contributed by atoms with Crippen molar-refractivity contribution in [3.05, 3.63) is 57.6 Å². The topological polar surface area (TPSA) is 91.0 Å². The van der Waals surface area contributed by atoms with Crippen molar-refractivity contribution < 1.29 is 19.1 Å². The molecule has 3 amide bonds. The maximum absolute atomic E-state index is 13.2. The van der Waals surface area contributed by atoms with Gasteiger partial charge in [-0.1, -0.05) is 29.3 Å². The maximum Gasteiger partial charge on any atom is 0.254 e. The SMILES string of the molecule is COCC(=O)N1c2ccc(C(=O)N3CCNCC3)cc2NC(=O)CC1c1ccc(Cl)cc1Cl. The fraction of sp³-hybridized carbons (Fsp3) is 0.348. The standard InChI is InChI=1S/C23H24Cl2N4O4/c1-33-13-22(31)29-19-5-2-14(23(32)28-8-6-26-7-9-28)10-18(19)27-21(30)12-20(29)16-4-3-15(24)11-17(16)25/h2-5,10-11,20,26H,6-9,12-13H2,1H3,(H,27,30). The van der Waals surface area contributed by atoms with E-state index in [0.29, 0.717) is 45.6 Å². The van der Waals surface area contributed by atoms with Crippen molar-refractivity contribution in [3.8, 4) is 0 Å². The molecule has 10 heteroatoms. The van der Waals surface area contributed by atoms with E-state index in [1.165, 1.54) is 12.0 Å². The highest BCUT2D eigenvalue weighted by atomic mass is 35.5. The summed E-state index contributed by atoms with van der Waals surface area (Å²) in [6.45, 7) is 2.50. The molecule has 8 nitrogen and oxygen atoms in total. The fourth-order valence-corrected chi connectivity index (χ4v) is 4.72. The van der Waals surface area contributed by atoms with E-state index in [4.69, 9.17) is 27.9 Å². The molecule has 2 aromatic carbocycles. The fourth-order valence-electron chi connectivity index (χ4n) is 4.19. The normalized spacial score (nSPS) is 18.4. The number of hydrogen-bond acceptors (Lipinski definition) is 5. The molecule has 2 aromatic rings. The van der Waals surface area contributed by atoms with Crippen LogP contribution in [-0.2, 0) is 14.3 Å². The number of benzene rings is 2. The number of carbonyl (C=O) groups is 3. The Labute approximate surface area is 201 Å². The molecule has 1 atom stereocenters. The molecule has 174 valence electrons. The third-order valence-corrected chi connectivity index (χ3v) is 6.29. The predicted molar refractivity (Wildman–Crippen MR) is 127 cm³/mol. The van der Waals surface area contributed by atoms with Crippen molar-refractivity contribution in [2.45, 2.75) is 12.5 Å². The van der Waals surface area contributed by atoms with Crippen LogP contribution in [-0.4, -0.2) is 62.5 Å². The van der Waals surface area contributed by atoms with Gasteiger partial charge in [0.15, 0.2) is 0 Å². The Kier molecular flexibility index (Phi) is 7.19. The Bertz CT molecular complexity index is 1090. The summed E-state index contributed by atoms with van der Waals surface area (Å²) in [6.07, 6.45) is -0.0213. The van der Waals surface area contributed by atoms with Gasteiger partial charge in [-0.3, -0.25) is 14.4 Å². The first-order chi connectivity index (χ1) is 15.9. The van der Waals surface area contributed by atoms with Gasteiger partial charge in [-0.2, -0.15) is 0 Å². The number of methoxy groups -OCH3 is 1. The van der Waals surface area contributed by atoms with E-state index in [9.17, 15) is 14.4 Å². The van der Waals surface area contributed by atoms with E-state index in [-0.39, 0.29) is 30.7 Å². The number of hydrogen-bond donors (Lipinski definition) is 2. The van der Waals surface area contributed by atoms with Crippen molar-refractivity contribution >= 4 is 52.3 Å². The summed E-state index contributed by atoms with van der Waals surface area (Å²) < 4.78 is 5.10. The Balaban J connectivity index is 1.77. The molecule has 0 saturated carbocycles. The minimum atomic E-state index is -0.673. The lowest BCUT2D eigenvalue weighted by Gasteiger charge is -2.31. The van der Waals surface area contributed by atoms with Gasteiger partial charge in [-0.05, 0) is 35.9 Å². The maximum atomic E-state index is 13.2. The first kappa shape index (κ1) is 23.5. The van der Waals surface area contributed by atoms with Crippen molar-refractivity contribution in [1.29, 1.82) is 0 Å². The number of carbonyl (C=O) groups excluding carboxylic acids is 3. The Morgan fingerprint density at radius 3 is 2.58 bits per heavy atom. The minimum absolute atomic E-state index is 0.0213. The molecule has 1 saturated heterocycles. The van der Waals surface area contributed by atoms with Crippen LogP contribution in [0.4, 0.5) is 11.4 Å². The molecule has 0 aliphatic carbocycles. The van der Waals surface area contributed by atoms with Gasteiger partial charge in [-0.25, -0.2) is 0 Å². The number of anilines is 2. The summed E-state index contributed by atoms with van der Waals surface area (Å²) in [5, 5.41) is 6.87. The lowest BCUT2D eigenvalue weighted by atomic mass is 10.0. The molecule has 2 N–H and O–H groups in total. The zero-order chi connectivity index (χ0) is 23.5. The van der Waals surface area contributed by atoms with Gasteiger partial charge < -0.3 is 25.2 Å². The highest BCUT2D eigenvalue weighted by Gasteiger charge is 2.35. The molecule has 2 aliphatic rings. The average molecular weight is 491 g/mol. The number of ether oxygens (including phenoxy) is 1. The van der Waals surface area contributed by atoms with Crippen LogP contribution in [0.25, 0.3) is 0 Å².